The van der Waals surface area contributed by atoms with Gasteiger partial charge in [-0.05, 0) is 23.8 Å². The summed E-state index contributed by atoms with van der Waals surface area (Å²) in [6.45, 7) is 4.29. The van der Waals surface area contributed by atoms with Crippen LogP contribution in [-0.4, -0.2) is 43.5 Å². The lowest BCUT2D eigenvalue weighted by Gasteiger charge is -2.29. The van der Waals surface area contributed by atoms with Crippen molar-refractivity contribution < 1.29 is 4.74 Å². The molecule has 1 fully saturated rings. The number of ether oxygens (including phenoxy) is 1. The molecule has 0 aliphatic carbocycles. The molecule has 0 atom stereocenters. The smallest absolute Gasteiger partial charge is 0.208 e. The minimum atomic E-state index is 0.696. The fourth-order valence-corrected chi connectivity index (χ4v) is 4.21. The van der Waals surface area contributed by atoms with Gasteiger partial charge in [0.2, 0.25) is 5.13 Å². The lowest BCUT2D eigenvalue weighted by atomic mass is 10.2. The third-order valence-corrected chi connectivity index (χ3v) is 5.98. The lowest BCUT2D eigenvalue weighted by molar-refractivity contribution is 0.122. The number of morpholine rings is 1. The highest BCUT2D eigenvalue weighted by atomic mass is 35.5. The Kier molecular flexibility index (Phi) is 5.57. The quantitative estimate of drug-likeness (QED) is 0.637. The molecular formula is C20H21ClN4OS. The first-order chi connectivity index (χ1) is 13.2. The van der Waals surface area contributed by atoms with Gasteiger partial charge in [0.25, 0.3) is 0 Å². The van der Waals surface area contributed by atoms with Crippen LogP contribution in [0.25, 0.3) is 10.6 Å². The van der Waals surface area contributed by atoms with Gasteiger partial charge in [0.15, 0.2) is 5.01 Å². The summed E-state index contributed by atoms with van der Waals surface area (Å²) in [4.78, 5) is 4.47. The largest absolute Gasteiger partial charge is 0.378 e. The molecule has 0 saturated carbocycles. The van der Waals surface area contributed by atoms with Crippen molar-refractivity contribution >= 4 is 33.8 Å². The molecule has 140 valence electrons. The molecule has 27 heavy (non-hydrogen) atoms. The molecule has 1 aromatic heterocycles. The molecule has 0 amide bonds. The summed E-state index contributed by atoms with van der Waals surface area (Å²) in [6.07, 6.45) is 0. The molecule has 1 saturated heterocycles. The van der Waals surface area contributed by atoms with Gasteiger partial charge in [-0.1, -0.05) is 53.3 Å². The highest BCUT2D eigenvalue weighted by molar-refractivity contribution is 7.18. The molecule has 7 heteroatoms. The highest BCUT2D eigenvalue weighted by Gasteiger charge is 2.14. The number of hydrogen-bond acceptors (Lipinski definition) is 6. The Morgan fingerprint density at radius 1 is 1.07 bits per heavy atom. The normalized spacial score (nSPS) is 14.4. The number of rotatable bonds is 5. The average molecular weight is 401 g/mol. The number of anilines is 2. The molecular weight excluding hydrogens is 380 g/mol. The maximum absolute atomic E-state index is 6.27. The third-order valence-electron chi connectivity index (χ3n) is 4.58. The van der Waals surface area contributed by atoms with Crippen LogP contribution in [0.15, 0.2) is 48.5 Å². The van der Waals surface area contributed by atoms with Crippen molar-refractivity contribution in [1.29, 1.82) is 0 Å². The van der Waals surface area contributed by atoms with Crippen LogP contribution >= 0.6 is 22.9 Å². The molecule has 0 radical (unpaired) electrons. The molecule has 1 aliphatic heterocycles. The highest BCUT2D eigenvalue weighted by Crippen LogP contribution is 2.33. The maximum atomic E-state index is 6.27. The zero-order valence-corrected chi connectivity index (χ0v) is 16.7. The fourth-order valence-electron chi connectivity index (χ4n) is 3.09. The SMILES string of the molecule is CN(Cc1ccc(N2CCOCC2)cc1)c1nnc(-c2ccccc2Cl)s1. The summed E-state index contributed by atoms with van der Waals surface area (Å²) in [5.41, 5.74) is 3.41. The van der Waals surface area contributed by atoms with Gasteiger partial charge in [-0.15, -0.1) is 10.2 Å². The number of halogens is 1. The van der Waals surface area contributed by atoms with Gasteiger partial charge in [-0.25, -0.2) is 0 Å². The Morgan fingerprint density at radius 3 is 2.56 bits per heavy atom. The van der Waals surface area contributed by atoms with Crippen LogP contribution in [0.5, 0.6) is 0 Å². The van der Waals surface area contributed by atoms with E-state index in [1.165, 1.54) is 11.3 Å². The summed E-state index contributed by atoms with van der Waals surface area (Å²) >= 11 is 7.82. The summed E-state index contributed by atoms with van der Waals surface area (Å²) in [6, 6.07) is 16.4. The van der Waals surface area contributed by atoms with Crippen LogP contribution in [0.1, 0.15) is 5.56 Å². The monoisotopic (exact) mass is 400 g/mol. The number of aromatic nitrogens is 2. The molecule has 4 rings (SSSR count). The average Bonchev–Trinajstić information content (AvgIpc) is 3.20. The summed E-state index contributed by atoms with van der Waals surface area (Å²) in [7, 11) is 2.03. The van der Waals surface area contributed by atoms with Crippen molar-refractivity contribution in [2.45, 2.75) is 6.54 Å². The van der Waals surface area contributed by atoms with Crippen LogP contribution in [-0.2, 0) is 11.3 Å². The van der Waals surface area contributed by atoms with Crippen LogP contribution in [0, 0.1) is 0 Å². The number of benzene rings is 2. The second-order valence-corrected chi connectivity index (χ2v) is 7.85. The Hall–Kier alpha value is -2.15. The van der Waals surface area contributed by atoms with E-state index in [2.05, 4.69) is 44.3 Å². The van der Waals surface area contributed by atoms with Gasteiger partial charge in [0.05, 0.1) is 18.2 Å². The molecule has 5 nitrogen and oxygen atoms in total. The predicted octanol–water partition coefficient (Wildman–Crippen LogP) is 4.33. The zero-order valence-electron chi connectivity index (χ0n) is 15.1. The van der Waals surface area contributed by atoms with E-state index < -0.39 is 0 Å². The minimum Gasteiger partial charge on any atom is -0.378 e. The van der Waals surface area contributed by atoms with Crippen molar-refractivity contribution in [3.63, 3.8) is 0 Å². The van der Waals surface area contributed by atoms with E-state index in [0.717, 1.165) is 48.6 Å². The van der Waals surface area contributed by atoms with E-state index in [-0.39, 0.29) is 0 Å². The molecule has 1 aliphatic rings. The van der Waals surface area contributed by atoms with Crippen LogP contribution in [0.4, 0.5) is 10.8 Å². The van der Waals surface area contributed by atoms with Gasteiger partial charge in [0, 0.05) is 37.9 Å². The van der Waals surface area contributed by atoms with Gasteiger partial charge in [-0.2, -0.15) is 0 Å². The fraction of sp³-hybridized carbons (Fsp3) is 0.300. The molecule has 0 spiro atoms. The van der Waals surface area contributed by atoms with Crippen molar-refractivity contribution in [2.75, 3.05) is 43.2 Å². The Bertz CT molecular complexity index is 893. The Labute approximate surface area is 168 Å². The summed E-state index contributed by atoms with van der Waals surface area (Å²) < 4.78 is 5.42. The van der Waals surface area contributed by atoms with Gasteiger partial charge >= 0.3 is 0 Å². The molecule has 3 aromatic rings. The maximum Gasteiger partial charge on any atom is 0.208 e. The van der Waals surface area contributed by atoms with E-state index >= 15 is 0 Å². The molecule has 2 heterocycles. The zero-order chi connectivity index (χ0) is 18.6. The predicted molar refractivity (Wildman–Crippen MR) is 112 cm³/mol. The first-order valence-electron chi connectivity index (χ1n) is 8.92. The topological polar surface area (TPSA) is 41.5 Å². The van der Waals surface area contributed by atoms with Gasteiger partial charge in [-0.3, -0.25) is 0 Å². The molecule has 0 N–H and O–H groups in total. The first kappa shape index (κ1) is 18.2. The Morgan fingerprint density at radius 2 is 1.81 bits per heavy atom. The summed E-state index contributed by atoms with van der Waals surface area (Å²) in [5, 5.41) is 11.1. The van der Waals surface area contributed by atoms with Crippen molar-refractivity contribution in [2.24, 2.45) is 0 Å². The lowest BCUT2D eigenvalue weighted by Crippen LogP contribution is -2.36. The minimum absolute atomic E-state index is 0.696. The number of nitrogens with zero attached hydrogens (tertiary/aromatic N) is 4. The molecule has 0 unspecified atom stereocenters. The van der Waals surface area contributed by atoms with Crippen molar-refractivity contribution in [1.82, 2.24) is 10.2 Å². The summed E-state index contributed by atoms with van der Waals surface area (Å²) in [5.74, 6) is 0. The molecule has 2 aromatic carbocycles. The van der Waals surface area contributed by atoms with Crippen LogP contribution < -0.4 is 9.80 Å². The standard InChI is InChI=1S/C20H21ClN4OS/c1-24(20-23-22-19(27-20)17-4-2-3-5-18(17)21)14-15-6-8-16(9-7-15)25-10-12-26-13-11-25/h2-9H,10-14H2,1H3. The second-order valence-electron chi connectivity index (χ2n) is 6.49. The third kappa shape index (κ3) is 4.24. The van der Waals surface area contributed by atoms with Crippen molar-refractivity contribution in [3.8, 4) is 10.6 Å². The van der Waals surface area contributed by atoms with E-state index in [9.17, 15) is 0 Å². The van der Waals surface area contributed by atoms with E-state index in [4.69, 9.17) is 16.3 Å². The van der Waals surface area contributed by atoms with Crippen LogP contribution in [0.3, 0.4) is 0 Å². The van der Waals surface area contributed by atoms with E-state index in [1.807, 2.05) is 31.3 Å². The van der Waals surface area contributed by atoms with Gasteiger partial charge in [0.1, 0.15) is 0 Å². The van der Waals surface area contributed by atoms with Gasteiger partial charge < -0.3 is 14.5 Å². The van der Waals surface area contributed by atoms with E-state index in [1.54, 1.807) is 11.3 Å². The number of hydrogen-bond donors (Lipinski definition) is 0. The first-order valence-corrected chi connectivity index (χ1v) is 10.1. The Balaban J connectivity index is 1.43. The van der Waals surface area contributed by atoms with Crippen LogP contribution in [0.2, 0.25) is 5.02 Å². The molecule has 0 bridgehead atoms. The van der Waals surface area contributed by atoms with E-state index in [0.29, 0.717) is 5.02 Å². The second kappa shape index (κ2) is 8.25. The van der Waals surface area contributed by atoms with Crippen molar-refractivity contribution in [3.05, 3.63) is 59.1 Å².